The number of alkyl halides is 1. The second kappa shape index (κ2) is 18.2. The number of piperidine rings is 3. The van der Waals surface area contributed by atoms with E-state index in [0.717, 1.165) is 61.9 Å². The van der Waals surface area contributed by atoms with Crippen LogP contribution >= 0.6 is 0 Å². The Labute approximate surface area is 343 Å². The molecule has 7 rings (SSSR count). The van der Waals surface area contributed by atoms with Crippen LogP contribution in [0.25, 0.3) is 16.7 Å². The van der Waals surface area contributed by atoms with E-state index in [1.54, 1.807) is 41.4 Å². The van der Waals surface area contributed by atoms with Crippen molar-refractivity contribution < 1.29 is 23.9 Å². The van der Waals surface area contributed by atoms with Gasteiger partial charge in [-0.3, -0.25) is 14.4 Å². The molecular formula is C44H55FN10O4. The number of fused-ring (bicyclic) bond motifs is 1. The molecule has 3 fully saturated rings. The first-order valence-corrected chi connectivity index (χ1v) is 20.5. The van der Waals surface area contributed by atoms with Crippen molar-refractivity contribution in [1.29, 1.82) is 0 Å². The fourth-order valence-corrected chi connectivity index (χ4v) is 8.75. The van der Waals surface area contributed by atoms with Crippen LogP contribution < -0.4 is 27.8 Å². The second-order valence-corrected chi connectivity index (χ2v) is 16.0. The fraction of sp³-hybridized carbons (Fsp3) is 0.409. The van der Waals surface area contributed by atoms with Gasteiger partial charge in [-0.25, -0.2) is 9.37 Å². The molecule has 3 saturated heterocycles. The number of para-hydroxylation sites is 1. The number of likely N-dealkylation sites (tertiary alicyclic amines) is 3. The molecule has 312 valence electrons. The van der Waals surface area contributed by atoms with Crippen molar-refractivity contribution in [2.75, 3.05) is 57.7 Å². The lowest BCUT2D eigenvalue weighted by Gasteiger charge is -2.41. The third-order valence-electron chi connectivity index (χ3n) is 12.0. The number of carbonyl (C=O) groups is 3. The first-order valence-electron chi connectivity index (χ1n) is 20.5. The van der Waals surface area contributed by atoms with Gasteiger partial charge in [0.05, 0.1) is 17.6 Å². The molecule has 15 heteroatoms. The van der Waals surface area contributed by atoms with Gasteiger partial charge in [0.25, 0.3) is 5.91 Å². The van der Waals surface area contributed by atoms with E-state index in [4.69, 9.17) is 17.2 Å². The average molecular weight is 807 g/mol. The zero-order valence-corrected chi connectivity index (χ0v) is 33.4. The van der Waals surface area contributed by atoms with Crippen LogP contribution in [0.5, 0.6) is 5.75 Å². The van der Waals surface area contributed by atoms with Gasteiger partial charge in [-0.1, -0.05) is 24.3 Å². The van der Waals surface area contributed by atoms with Crippen molar-refractivity contribution in [2.45, 2.75) is 62.6 Å². The SMILES string of the molecule is NC(N)=C(/C=C(\N)c1ccccc1O)N1CCCC(c2ccc(C(=O)N3CCC(F)(CN4CCC(n5ccc6cc(NC(=O)CCNC=O)cnc65)CC4)CC3)cc2)C1. The number of phenols is 1. The summed E-state index contributed by atoms with van der Waals surface area (Å²) < 4.78 is 18.5. The van der Waals surface area contributed by atoms with Crippen molar-refractivity contribution in [2.24, 2.45) is 17.2 Å². The molecule has 0 aliphatic carbocycles. The van der Waals surface area contributed by atoms with Gasteiger partial charge in [0.15, 0.2) is 0 Å². The molecule has 3 aliphatic heterocycles. The van der Waals surface area contributed by atoms with Crippen molar-refractivity contribution >= 4 is 40.6 Å². The number of anilines is 1. The Hall–Kier alpha value is -6.09. The van der Waals surface area contributed by atoms with Gasteiger partial charge >= 0.3 is 0 Å². The molecule has 3 aliphatic rings. The molecule has 0 spiro atoms. The summed E-state index contributed by atoms with van der Waals surface area (Å²) in [6.45, 7) is 4.34. The number of pyridine rings is 1. The van der Waals surface area contributed by atoms with Gasteiger partial charge < -0.3 is 52.2 Å². The molecule has 0 radical (unpaired) electrons. The molecular weight excluding hydrogens is 752 g/mol. The first kappa shape index (κ1) is 41.1. The van der Waals surface area contributed by atoms with E-state index >= 15 is 4.39 Å². The van der Waals surface area contributed by atoms with Gasteiger partial charge in [0.1, 0.15) is 22.9 Å². The number of nitrogens with one attached hydrogen (secondary N) is 2. The van der Waals surface area contributed by atoms with Crippen molar-refractivity contribution in [1.82, 2.24) is 29.6 Å². The average Bonchev–Trinajstić information content (AvgIpc) is 3.66. The predicted octanol–water partition coefficient (Wildman–Crippen LogP) is 4.36. The topological polar surface area (TPSA) is 201 Å². The van der Waals surface area contributed by atoms with E-state index < -0.39 is 5.67 Å². The largest absolute Gasteiger partial charge is 0.507 e. The number of allylic oxidation sites excluding steroid dienone is 1. The summed E-state index contributed by atoms with van der Waals surface area (Å²) in [6, 6.07) is 18.8. The highest BCUT2D eigenvalue weighted by Crippen LogP contribution is 2.34. The third-order valence-corrected chi connectivity index (χ3v) is 12.0. The number of hydrogen-bond donors (Lipinski definition) is 6. The van der Waals surface area contributed by atoms with Gasteiger partial charge in [-0.2, -0.15) is 0 Å². The minimum atomic E-state index is -1.35. The maximum absolute atomic E-state index is 16.3. The van der Waals surface area contributed by atoms with Crippen LogP contribution in [0, 0.1) is 0 Å². The summed E-state index contributed by atoms with van der Waals surface area (Å²) >= 11 is 0. The number of carbonyl (C=O) groups excluding carboxylic acids is 3. The van der Waals surface area contributed by atoms with E-state index in [1.165, 1.54) is 0 Å². The van der Waals surface area contributed by atoms with E-state index in [9.17, 15) is 19.5 Å². The number of aromatic hydroxyl groups is 1. The number of nitrogens with zero attached hydrogens (tertiary/aromatic N) is 5. The minimum absolute atomic E-state index is 0.0788. The van der Waals surface area contributed by atoms with Crippen LogP contribution in [0.15, 0.2) is 90.7 Å². The summed E-state index contributed by atoms with van der Waals surface area (Å²) in [5.74, 6) is 0.139. The highest BCUT2D eigenvalue weighted by atomic mass is 19.1. The van der Waals surface area contributed by atoms with E-state index in [2.05, 4.69) is 30.0 Å². The zero-order chi connectivity index (χ0) is 41.5. The van der Waals surface area contributed by atoms with Crippen LogP contribution in [0.2, 0.25) is 0 Å². The zero-order valence-electron chi connectivity index (χ0n) is 33.4. The quantitative estimate of drug-likeness (QED) is 0.0641. The molecule has 0 saturated carbocycles. The maximum atomic E-state index is 16.3. The number of hydrogen-bond acceptors (Lipinski definition) is 10. The lowest BCUT2D eigenvalue weighted by molar-refractivity contribution is -0.116. The highest BCUT2D eigenvalue weighted by Gasteiger charge is 2.38. The lowest BCUT2D eigenvalue weighted by atomic mass is 9.89. The number of benzene rings is 2. The lowest BCUT2D eigenvalue weighted by Crippen LogP contribution is -2.51. The van der Waals surface area contributed by atoms with Crippen LogP contribution in [-0.4, -0.2) is 106 Å². The van der Waals surface area contributed by atoms with Crippen LogP contribution in [0.3, 0.4) is 0 Å². The number of aromatic nitrogens is 2. The summed E-state index contributed by atoms with van der Waals surface area (Å²) in [7, 11) is 0. The van der Waals surface area contributed by atoms with Gasteiger partial charge in [-0.15, -0.1) is 0 Å². The predicted molar refractivity (Wildman–Crippen MR) is 226 cm³/mol. The van der Waals surface area contributed by atoms with Gasteiger partial charge in [0, 0.05) is 112 Å². The smallest absolute Gasteiger partial charge is 0.253 e. The Bertz CT molecular complexity index is 2180. The Balaban J connectivity index is 0.880. The molecule has 1 unspecified atom stereocenters. The second-order valence-electron chi connectivity index (χ2n) is 16.0. The third kappa shape index (κ3) is 9.79. The first-order chi connectivity index (χ1) is 28.5. The maximum Gasteiger partial charge on any atom is 0.253 e. The molecule has 1 atom stereocenters. The fourth-order valence-electron chi connectivity index (χ4n) is 8.75. The number of amides is 3. The van der Waals surface area contributed by atoms with Crippen LogP contribution in [0.4, 0.5) is 10.1 Å². The van der Waals surface area contributed by atoms with E-state index in [1.807, 2.05) is 42.6 Å². The Morgan fingerprint density at radius 1 is 0.949 bits per heavy atom. The summed E-state index contributed by atoms with van der Waals surface area (Å²) in [5.41, 5.74) is 21.9. The summed E-state index contributed by atoms with van der Waals surface area (Å²) in [5, 5.41) is 16.5. The molecule has 0 bridgehead atoms. The summed E-state index contributed by atoms with van der Waals surface area (Å²) in [4.78, 5) is 46.9. The number of phenolic OH excluding ortho intramolecular Hbond substituents is 1. The Morgan fingerprint density at radius 3 is 2.41 bits per heavy atom. The molecule has 4 aromatic rings. The molecule has 3 amide bonds. The minimum Gasteiger partial charge on any atom is -0.507 e. The van der Waals surface area contributed by atoms with Crippen molar-refractivity contribution in [3.63, 3.8) is 0 Å². The Morgan fingerprint density at radius 2 is 1.69 bits per heavy atom. The van der Waals surface area contributed by atoms with E-state index in [-0.39, 0.29) is 48.3 Å². The van der Waals surface area contributed by atoms with Crippen molar-refractivity contribution in [3.05, 3.63) is 107 Å². The van der Waals surface area contributed by atoms with Gasteiger partial charge in [0.2, 0.25) is 12.3 Å². The molecule has 2 aromatic heterocycles. The standard InChI is InChI=1S/C44H55FN10O4/c45-44(28-52-19-13-35(14-20-52)55-21-12-32-24-34(26-50-42(32)55)51-40(58)11-17-49-29-56)15-22-53(23-16-44)43(59)31-9-7-30(8-10-31)33-4-3-18-54(27-33)38(41(47)48)25-37(46)36-5-1-2-6-39(36)57/h1-2,5-10,12,21,24-26,29,33,35,57H,3-4,11,13-20,22-23,27-28,46-48H2,(H,49,56)(H,51,58)/b37-25-. The number of rotatable bonds is 13. The highest BCUT2D eigenvalue weighted by molar-refractivity contribution is 5.94. The monoisotopic (exact) mass is 806 g/mol. The van der Waals surface area contributed by atoms with Crippen LogP contribution in [0.1, 0.15) is 78.4 Å². The summed E-state index contributed by atoms with van der Waals surface area (Å²) in [6.07, 6.45) is 10.4. The molecule has 59 heavy (non-hydrogen) atoms. The number of halogens is 1. The molecule has 5 heterocycles. The number of nitrogens with two attached hydrogens (primary N) is 3. The van der Waals surface area contributed by atoms with E-state index in [0.29, 0.717) is 73.6 Å². The molecule has 9 N–H and O–H groups in total. The van der Waals surface area contributed by atoms with Crippen LogP contribution in [-0.2, 0) is 9.59 Å². The molecule has 2 aromatic carbocycles. The molecule has 14 nitrogen and oxygen atoms in total. The van der Waals surface area contributed by atoms with Crippen molar-refractivity contribution in [3.8, 4) is 5.75 Å². The normalized spacial score (nSPS) is 19.0. The Kier molecular flexibility index (Phi) is 12.7. The van der Waals surface area contributed by atoms with Gasteiger partial charge in [-0.05, 0) is 73.7 Å².